The first-order valence-electron chi connectivity index (χ1n) is 4.71. The molecule has 6 heteroatoms. The quantitative estimate of drug-likeness (QED) is 0.500. The lowest BCUT2D eigenvalue weighted by atomic mass is 10.0. The molecule has 90 valence electrons. The monoisotopic (exact) mass is 344 g/mol. The van der Waals surface area contributed by atoms with Gasteiger partial charge in [0.25, 0.3) is 0 Å². The Kier molecular flexibility index (Phi) is 5.00. The van der Waals surface area contributed by atoms with Crippen molar-refractivity contribution in [1.82, 2.24) is 5.43 Å². The lowest BCUT2D eigenvalue weighted by Crippen LogP contribution is -2.29. The van der Waals surface area contributed by atoms with E-state index in [-0.39, 0.29) is 6.42 Å². The van der Waals surface area contributed by atoms with Gasteiger partial charge in [-0.25, -0.2) is 0 Å². The number of benzene rings is 1. The van der Waals surface area contributed by atoms with Crippen molar-refractivity contribution in [1.29, 1.82) is 0 Å². The Hall–Kier alpha value is -0.340. The highest BCUT2D eigenvalue weighted by Gasteiger charge is 2.28. The molecular formula is C10H12F3IN2. The van der Waals surface area contributed by atoms with Crippen LogP contribution in [0.25, 0.3) is 0 Å². The fourth-order valence-corrected chi connectivity index (χ4v) is 1.94. The molecule has 0 fully saturated rings. The minimum atomic E-state index is -4.14. The average Bonchev–Trinajstić information content (AvgIpc) is 2.17. The van der Waals surface area contributed by atoms with Crippen LogP contribution in [0.3, 0.4) is 0 Å². The van der Waals surface area contributed by atoms with Gasteiger partial charge in [0.15, 0.2) is 0 Å². The van der Waals surface area contributed by atoms with E-state index in [9.17, 15) is 13.2 Å². The van der Waals surface area contributed by atoms with Crippen molar-refractivity contribution in [3.8, 4) is 0 Å². The number of hydrazine groups is 1. The molecule has 0 radical (unpaired) electrons. The van der Waals surface area contributed by atoms with E-state index >= 15 is 0 Å². The van der Waals surface area contributed by atoms with Crippen molar-refractivity contribution < 1.29 is 13.2 Å². The number of rotatable bonds is 4. The third-order valence-corrected chi connectivity index (χ3v) is 2.84. The van der Waals surface area contributed by atoms with Gasteiger partial charge in [-0.05, 0) is 46.7 Å². The van der Waals surface area contributed by atoms with E-state index in [2.05, 4.69) is 28.0 Å². The molecule has 0 aliphatic rings. The van der Waals surface area contributed by atoms with Crippen LogP contribution in [0.15, 0.2) is 24.3 Å². The zero-order chi connectivity index (χ0) is 12.2. The fourth-order valence-electron chi connectivity index (χ4n) is 1.38. The van der Waals surface area contributed by atoms with Crippen LogP contribution in [0, 0.1) is 3.57 Å². The Bertz CT molecular complexity index is 341. The SMILES string of the molecule is NNC(CCC(F)(F)F)c1cccc(I)c1. The maximum Gasteiger partial charge on any atom is 0.389 e. The molecule has 0 saturated heterocycles. The molecule has 1 aromatic rings. The highest BCUT2D eigenvalue weighted by molar-refractivity contribution is 14.1. The number of nitrogens with one attached hydrogen (secondary N) is 1. The van der Waals surface area contributed by atoms with Gasteiger partial charge in [-0.3, -0.25) is 11.3 Å². The molecule has 0 spiro atoms. The van der Waals surface area contributed by atoms with Crippen LogP contribution >= 0.6 is 22.6 Å². The fraction of sp³-hybridized carbons (Fsp3) is 0.400. The van der Waals surface area contributed by atoms with Crippen LogP contribution in [0.2, 0.25) is 0 Å². The van der Waals surface area contributed by atoms with Crippen molar-refractivity contribution in [3.05, 3.63) is 33.4 Å². The first-order valence-corrected chi connectivity index (χ1v) is 5.78. The van der Waals surface area contributed by atoms with Gasteiger partial charge in [0.2, 0.25) is 0 Å². The van der Waals surface area contributed by atoms with Crippen LogP contribution in [0.5, 0.6) is 0 Å². The molecule has 3 N–H and O–H groups in total. The summed E-state index contributed by atoms with van der Waals surface area (Å²) in [6.45, 7) is 0. The minimum Gasteiger partial charge on any atom is -0.271 e. The zero-order valence-corrected chi connectivity index (χ0v) is 10.5. The second kappa shape index (κ2) is 5.83. The van der Waals surface area contributed by atoms with E-state index in [1.807, 2.05) is 12.1 Å². The summed E-state index contributed by atoms with van der Waals surface area (Å²) in [4.78, 5) is 0. The Morgan fingerprint density at radius 3 is 2.56 bits per heavy atom. The summed E-state index contributed by atoms with van der Waals surface area (Å²) < 4.78 is 37.2. The first kappa shape index (κ1) is 13.7. The van der Waals surface area contributed by atoms with Gasteiger partial charge in [0.1, 0.15) is 0 Å². The van der Waals surface area contributed by atoms with Crippen molar-refractivity contribution in [2.24, 2.45) is 5.84 Å². The Morgan fingerprint density at radius 1 is 1.38 bits per heavy atom. The second-order valence-corrected chi connectivity index (χ2v) is 4.67. The van der Waals surface area contributed by atoms with E-state index in [1.54, 1.807) is 12.1 Å². The van der Waals surface area contributed by atoms with Gasteiger partial charge in [-0.15, -0.1) is 0 Å². The van der Waals surface area contributed by atoms with E-state index < -0.39 is 18.6 Å². The summed E-state index contributed by atoms with van der Waals surface area (Å²) in [7, 11) is 0. The van der Waals surface area contributed by atoms with Crippen LogP contribution < -0.4 is 11.3 Å². The van der Waals surface area contributed by atoms with Gasteiger partial charge < -0.3 is 0 Å². The molecular weight excluding hydrogens is 332 g/mol. The summed E-state index contributed by atoms with van der Waals surface area (Å²) in [6.07, 6.45) is -5.04. The smallest absolute Gasteiger partial charge is 0.271 e. The standard InChI is InChI=1S/C10H12F3IN2/c11-10(12,13)5-4-9(16-15)7-2-1-3-8(14)6-7/h1-3,6,9,16H,4-5,15H2. The van der Waals surface area contributed by atoms with Gasteiger partial charge >= 0.3 is 6.18 Å². The normalized spacial score (nSPS) is 13.8. The summed E-state index contributed by atoms with van der Waals surface area (Å²) in [5.41, 5.74) is 3.19. The summed E-state index contributed by atoms with van der Waals surface area (Å²) in [5.74, 6) is 5.26. The zero-order valence-electron chi connectivity index (χ0n) is 8.39. The number of halogens is 4. The summed E-state index contributed by atoms with van der Waals surface area (Å²) in [6, 6.07) is 6.80. The third kappa shape index (κ3) is 4.67. The molecule has 0 aromatic heterocycles. The molecule has 0 amide bonds. The predicted molar refractivity (Wildman–Crippen MR) is 64.5 cm³/mol. The van der Waals surface area contributed by atoms with Gasteiger partial charge in [0, 0.05) is 16.0 Å². The van der Waals surface area contributed by atoms with Crippen LogP contribution in [0.1, 0.15) is 24.4 Å². The molecule has 0 bridgehead atoms. The number of nitrogens with two attached hydrogens (primary N) is 1. The molecule has 16 heavy (non-hydrogen) atoms. The highest BCUT2D eigenvalue weighted by atomic mass is 127. The van der Waals surface area contributed by atoms with Crippen molar-refractivity contribution in [3.63, 3.8) is 0 Å². The van der Waals surface area contributed by atoms with E-state index in [0.717, 1.165) is 9.13 Å². The molecule has 0 saturated carbocycles. The molecule has 0 aliphatic carbocycles. The van der Waals surface area contributed by atoms with Crippen LogP contribution in [0.4, 0.5) is 13.2 Å². The Labute approximate surface area is 106 Å². The van der Waals surface area contributed by atoms with Crippen LogP contribution in [-0.2, 0) is 0 Å². The topological polar surface area (TPSA) is 38.0 Å². The number of hydrogen-bond acceptors (Lipinski definition) is 2. The third-order valence-electron chi connectivity index (χ3n) is 2.17. The maximum atomic E-state index is 12.1. The van der Waals surface area contributed by atoms with E-state index in [1.165, 1.54) is 0 Å². The van der Waals surface area contributed by atoms with Crippen molar-refractivity contribution in [2.75, 3.05) is 0 Å². The highest BCUT2D eigenvalue weighted by Crippen LogP contribution is 2.27. The van der Waals surface area contributed by atoms with Gasteiger partial charge in [-0.1, -0.05) is 12.1 Å². The Morgan fingerprint density at radius 2 is 2.06 bits per heavy atom. The number of hydrogen-bond donors (Lipinski definition) is 2. The molecule has 1 aromatic carbocycles. The summed E-state index contributed by atoms with van der Waals surface area (Å²) >= 11 is 2.11. The van der Waals surface area contributed by atoms with E-state index in [4.69, 9.17) is 5.84 Å². The van der Waals surface area contributed by atoms with Gasteiger partial charge in [0.05, 0.1) is 0 Å². The maximum absolute atomic E-state index is 12.1. The molecule has 0 heterocycles. The first-order chi connectivity index (χ1) is 7.42. The molecule has 2 nitrogen and oxygen atoms in total. The largest absolute Gasteiger partial charge is 0.389 e. The predicted octanol–water partition coefficient (Wildman–Crippen LogP) is 3.14. The summed E-state index contributed by atoms with van der Waals surface area (Å²) in [5, 5.41) is 0. The Balaban J connectivity index is 2.68. The van der Waals surface area contributed by atoms with Crippen LogP contribution in [-0.4, -0.2) is 6.18 Å². The lowest BCUT2D eigenvalue weighted by molar-refractivity contribution is -0.136. The number of alkyl halides is 3. The molecule has 0 aliphatic heterocycles. The molecule has 1 atom stereocenters. The molecule has 1 rings (SSSR count). The van der Waals surface area contributed by atoms with Gasteiger partial charge in [-0.2, -0.15) is 13.2 Å². The molecule has 1 unspecified atom stereocenters. The van der Waals surface area contributed by atoms with Crippen molar-refractivity contribution in [2.45, 2.75) is 25.1 Å². The van der Waals surface area contributed by atoms with Crippen molar-refractivity contribution >= 4 is 22.6 Å². The average molecular weight is 344 g/mol. The van der Waals surface area contributed by atoms with E-state index in [0.29, 0.717) is 0 Å². The lowest BCUT2D eigenvalue weighted by Gasteiger charge is -2.17. The minimum absolute atomic E-state index is 0.0555. The second-order valence-electron chi connectivity index (χ2n) is 3.43.